The average molecular weight is 312 g/mol. The number of benzene rings is 1. The van der Waals surface area contributed by atoms with Gasteiger partial charge in [-0.05, 0) is 37.1 Å². The molecule has 2 heterocycles. The van der Waals surface area contributed by atoms with Crippen molar-refractivity contribution in [3.63, 3.8) is 0 Å². The van der Waals surface area contributed by atoms with Gasteiger partial charge in [-0.15, -0.1) is 5.92 Å². The molecule has 1 atom stereocenters. The molecule has 3 rings (SSSR count). The molecular weight excluding hydrogens is 296 g/mol. The molecule has 23 heavy (non-hydrogen) atoms. The molecule has 3 amide bonds. The first-order valence-corrected chi connectivity index (χ1v) is 7.40. The lowest BCUT2D eigenvalue weighted by Crippen LogP contribution is -2.52. The van der Waals surface area contributed by atoms with Crippen LogP contribution in [-0.2, 0) is 16.1 Å². The van der Waals surface area contributed by atoms with Crippen LogP contribution in [0, 0.1) is 11.8 Å². The van der Waals surface area contributed by atoms with Gasteiger partial charge in [-0.3, -0.25) is 19.7 Å². The van der Waals surface area contributed by atoms with E-state index in [0.29, 0.717) is 30.9 Å². The van der Waals surface area contributed by atoms with E-state index in [1.165, 1.54) is 4.90 Å². The maximum Gasteiger partial charge on any atom is 0.255 e. The van der Waals surface area contributed by atoms with Crippen LogP contribution < -0.4 is 10.1 Å². The minimum atomic E-state index is -0.595. The second kappa shape index (κ2) is 6.13. The number of hydrogen-bond acceptors (Lipinski definition) is 4. The molecule has 1 fully saturated rings. The van der Waals surface area contributed by atoms with E-state index in [-0.39, 0.29) is 18.2 Å². The quantitative estimate of drug-likeness (QED) is 0.663. The Morgan fingerprint density at radius 1 is 1.35 bits per heavy atom. The summed E-state index contributed by atoms with van der Waals surface area (Å²) in [7, 11) is 0. The van der Waals surface area contributed by atoms with Crippen molar-refractivity contribution in [1.29, 1.82) is 0 Å². The van der Waals surface area contributed by atoms with Crippen LogP contribution in [0.15, 0.2) is 18.2 Å². The van der Waals surface area contributed by atoms with Crippen molar-refractivity contribution in [1.82, 2.24) is 10.2 Å². The zero-order chi connectivity index (χ0) is 16.4. The highest BCUT2D eigenvalue weighted by Crippen LogP contribution is 2.30. The first-order chi connectivity index (χ1) is 11.1. The van der Waals surface area contributed by atoms with Gasteiger partial charge in [-0.2, -0.15) is 0 Å². The Morgan fingerprint density at radius 2 is 2.17 bits per heavy atom. The zero-order valence-electron chi connectivity index (χ0n) is 12.7. The van der Waals surface area contributed by atoms with Crippen molar-refractivity contribution in [2.75, 3.05) is 6.61 Å². The van der Waals surface area contributed by atoms with E-state index in [1.54, 1.807) is 25.1 Å². The van der Waals surface area contributed by atoms with Gasteiger partial charge >= 0.3 is 0 Å². The summed E-state index contributed by atoms with van der Waals surface area (Å²) in [6.07, 6.45) is 0.612. The van der Waals surface area contributed by atoms with Crippen molar-refractivity contribution in [3.05, 3.63) is 29.3 Å². The van der Waals surface area contributed by atoms with Crippen molar-refractivity contribution in [2.24, 2.45) is 0 Å². The predicted molar refractivity (Wildman–Crippen MR) is 81.4 cm³/mol. The molecular formula is C17H16N2O4. The van der Waals surface area contributed by atoms with E-state index >= 15 is 0 Å². The van der Waals surface area contributed by atoms with Crippen LogP contribution in [0.5, 0.6) is 5.75 Å². The molecule has 118 valence electrons. The van der Waals surface area contributed by atoms with Gasteiger partial charge in [0.05, 0.1) is 0 Å². The monoisotopic (exact) mass is 312 g/mol. The Balaban J connectivity index is 1.77. The summed E-state index contributed by atoms with van der Waals surface area (Å²) >= 11 is 0. The Bertz CT molecular complexity index is 745. The summed E-state index contributed by atoms with van der Waals surface area (Å²) in [5.74, 6) is 5.32. The second-order valence-corrected chi connectivity index (χ2v) is 5.43. The molecule has 0 aromatic heterocycles. The highest BCUT2D eigenvalue weighted by molar-refractivity contribution is 6.05. The van der Waals surface area contributed by atoms with Gasteiger partial charge in [-0.1, -0.05) is 5.92 Å². The van der Waals surface area contributed by atoms with E-state index in [4.69, 9.17) is 4.74 Å². The molecule has 0 aliphatic carbocycles. The van der Waals surface area contributed by atoms with Crippen LogP contribution in [0.3, 0.4) is 0 Å². The summed E-state index contributed by atoms with van der Waals surface area (Å²) in [5, 5.41) is 2.29. The summed E-state index contributed by atoms with van der Waals surface area (Å²) in [6.45, 7) is 2.37. The molecule has 0 spiro atoms. The van der Waals surface area contributed by atoms with Crippen molar-refractivity contribution in [3.8, 4) is 17.6 Å². The van der Waals surface area contributed by atoms with Crippen molar-refractivity contribution < 1.29 is 19.1 Å². The smallest absolute Gasteiger partial charge is 0.255 e. The number of amides is 3. The van der Waals surface area contributed by atoms with Gasteiger partial charge in [0, 0.05) is 18.5 Å². The SMILES string of the molecule is CC#CCOc1ccc2c(c1)CN(C1CCC(=O)NC1=O)C2=O. The van der Waals surface area contributed by atoms with E-state index in [1.807, 2.05) is 0 Å². The predicted octanol–water partition coefficient (Wildman–Crippen LogP) is 0.850. The number of fused-ring (bicyclic) bond motifs is 1. The first-order valence-electron chi connectivity index (χ1n) is 7.40. The fourth-order valence-corrected chi connectivity index (χ4v) is 2.83. The lowest BCUT2D eigenvalue weighted by Gasteiger charge is -2.29. The van der Waals surface area contributed by atoms with Crippen LogP contribution in [0.4, 0.5) is 0 Å². The van der Waals surface area contributed by atoms with Crippen LogP contribution >= 0.6 is 0 Å². The maximum absolute atomic E-state index is 12.5. The lowest BCUT2D eigenvalue weighted by atomic mass is 10.0. The van der Waals surface area contributed by atoms with Crippen LogP contribution in [-0.4, -0.2) is 35.3 Å². The fraction of sp³-hybridized carbons (Fsp3) is 0.353. The van der Waals surface area contributed by atoms with Crippen LogP contribution in [0.2, 0.25) is 0 Å². The Hall–Kier alpha value is -2.81. The topological polar surface area (TPSA) is 75.7 Å². The summed E-state index contributed by atoms with van der Waals surface area (Å²) in [4.78, 5) is 37.2. The molecule has 1 aromatic rings. The fourth-order valence-electron chi connectivity index (χ4n) is 2.83. The Kier molecular flexibility index (Phi) is 4.02. The highest BCUT2D eigenvalue weighted by Gasteiger charge is 2.39. The molecule has 2 aliphatic heterocycles. The third-order valence-electron chi connectivity index (χ3n) is 3.98. The molecule has 2 aliphatic rings. The Morgan fingerprint density at radius 3 is 2.91 bits per heavy atom. The van der Waals surface area contributed by atoms with Gasteiger partial charge in [0.25, 0.3) is 5.91 Å². The lowest BCUT2D eigenvalue weighted by molar-refractivity contribution is -0.136. The zero-order valence-corrected chi connectivity index (χ0v) is 12.7. The number of carbonyl (C=O) groups is 3. The molecule has 6 nitrogen and oxygen atoms in total. The number of hydrogen-bond donors (Lipinski definition) is 1. The second-order valence-electron chi connectivity index (χ2n) is 5.43. The molecule has 6 heteroatoms. The minimum Gasteiger partial charge on any atom is -0.481 e. The molecule has 1 aromatic carbocycles. The standard InChI is InChI=1S/C17H16N2O4/c1-2-3-8-23-12-4-5-13-11(9-12)10-19(17(13)22)14-6-7-15(20)18-16(14)21/h4-5,9,14H,6-8,10H2,1H3,(H,18,20,21). The normalized spacial score (nSPS) is 19.8. The minimum absolute atomic E-state index is 0.186. The first kappa shape index (κ1) is 15.1. The van der Waals surface area contributed by atoms with Gasteiger partial charge in [0.15, 0.2) is 0 Å². The summed E-state index contributed by atoms with van der Waals surface area (Å²) < 4.78 is 5.50. The number of piperidine rings is 1. The number of carbonyl (C=O) groups excluding carboxylic acids is 3. The third-order valence-corrected chi connectivity index (χ3v) is 3.98. The highest BCUT2D eigenvalue weighted by atomic mass is 16.5. The number of rotatable bonds is 3. The molecule has 0 bridgehead atoms. The number of ether oxygens (including phenoxy) is 1. The van der Waals surface area contributed by atoms with Crippen LogP contribution in [0.1, 0.15) is 35.7 Å². The summed E-state index contributed by atoms with van der Waals surface area (Å²) in [5.41, 5.74) is 1.39. The molecule has 1 saturated heterocycles. The van der Waals surface area contributed by atoms with Crippen LogP contribution in [0.25, 0.3) is 0 Å². The van der Waals surface area contributed by atoms with Gasteiger partial charge in [0.1, 0.15) is 18.4 Å². The number of nitrogens with one attached hydrogen (secondary N) is 1. The number of imide groups is 1. The largest absolute Gasteiger partial charge is 0.481 e. The van der Waals surface area contributed by atoms with Crippen molar-refractivity contribution in [2.45, 2.75) is 32.4 Å². The average Bonchev–Trinajstić information content (AvgIpc) is 2.84. The molecule has 1 unspecified atom stereocenters. The van der Waals surface area contributed by atoms with Gasteiger partial charge < -0.3 is 9.64 Å². The van der Waals surface area contributed by atoms with Gasteiger partial charge in [0.2, 0.25) is 11.8 Å². The Labute approximate surface area is 133 Å². The van der Waals surface area contributed by atoms with E-state index < -0.39 is 11.9 Å². The molecule has 0 saturated carbocycles. The van der Waals surface area contributed by atoms with Gasteiger partial charge in [-0.25, -0.2) is 0 Å². The van der Waals surface area contributed by atoms with E-state index in [2.05, 4.69) is 17.2 Å². The molecule has 0 radical (unpaired) electrons. The van der Waals surface area contributed by atoms with Crippen molar-refractivity contribution >= 4 is 17.7 Å². The third kappa shape index (κ3) is 2.90. The van der Waals surface area contributed by atoms with E-state index in [0.717, 1.165) is 5.56 Å². The number of nitrogens with zero attached hydrogens (tertiary/aromatic N) is 1. The molecule has 1 N–H and O–H groups in total. The maximum atomic E-state index is 12.5. The van der Waals surface area contributed by atoms with E-state index in [9.17, 15) is 14.4 Å². The summed E-state index contributed by atoms with van der Waals surface area (Å²) in [6, 6.07) is 4.64.